The summed E-state index contributed by atoms with van der Waals surface area (Å²) in [6.07, 6.45) is 5.42. The molecule has 0 unspecified atom stereocenters. The van der Waals surface area contributed by atoms with E-state index in [0.29, 0.717) is 17.4 Å². The molecular weight excluding hydrogens is 364 g/mol. The van der Waals surface area contributed by atoms with Gasteiger partial charge in [-0.15, -0.1) is 0 Å². The number of benzene rings is 1. The van der Waals surface area contributed by atoms with E-state index in [1.54, 1.807) is 44.6 Å². The molecule has 0 spiro atoms. The molecule has 0 aliphatic heterocycles. The number of imidazole rings is 1. The lowest BCUT2D eigenvalue weighted by Crippen LogP contribution is -2.24. The van der Waals surface area contributed by atoms with Crippen LogP contribution >= 0.6 is 0 Å². The van der Waals surface area contributed by atoms with E-state index in [4.69, 9.17) is 0 Å². The van der Waals surface area contributed by atoms with Crippen LogP contribution in [0, 0.1) is 0 Å². The third-order valence-corrected chi connectivity index (χ3v) is 4.56. The summed E-state index contributed by atoms with van der Waals surface area (Å²) in [5.41, 5.74) is 2.93. The molecule has 0 atom stereocenters. The zero-order valence-electron chi connectivity index (χ0n) is 18.5. The molecule has 1 amide bonds. The summed E-state index contributed by atoms with van der Waals surface area (Å²) >= 11 is 0. The molecule has 0 saturated carbocycles. The van der Waals surface area contributed by atoms with Crippen molar-refractivity contribution in [2.45, 2.75) is 46.6 Å². The Labute approximate surface area is 173 Å². The van der Waals surface area contributed by atoms with Crippen LogP contribution in [0.1, 0.15) is 61.8 Å². The molecule has 1 aromatic carbocycles. The van der Waals surface area contributed by atoms with E-state index in [0.717, 1.165) is 17.6 Å². The second-order valence-corrected chi connectivity index (χ2v) is 7.03. The number of pyridine rings is 1. The maximum absolute atomic E-state index is 11.5. The van der Waals surface area contributed by atoms with Crippen LogP contribution in [0.5, 0.6) is 0 Å². The van der Waals surface area contributed by atoms with Crippen molar-refractivity contribution in [3.63, 3.8) is 0 Å². The first kappa shape index (κ1) is 24.0. The van der Waals surface area contributed by atoms with Gasteiger partial charge in [0.1, 0.15) is 0 Å². The van der Waals surface area contributed by atoms with Crippen LogP contribution in [-0.4, -0.2) is 45.7 Å². The van der Waals surface area contributed by atoms with Crippen molar-refractivity contribution < 1.29 is 9.59 Å². The van der Waals surface area contributed by atoms with Crippen molar-refractivity contribution in [2.24, 2.45) is 0 Å². The third kappa shape index (κ3) is 5.98. The molecule has 3 aromatic rings. The van der Waals surface area contributed by atoms with Gasteiger partial charge in [-0.2, -0.15) is 0 Å². The van der Waals surface area contributed by atoms with Gasteiger partial charge in [-0.3, -0.25) is 9.59 Å². The number of carbonyl (C=O) groups is 2. The van der Waals surface area contributed by atoms with Gasteiger partial charge in [-0.05, 0) is 38.5 Å². The molecule has 6 nitrogen and oxygen atoms in total. The van der Waals surface area contributed by atoms with E-state index in [-0.39, 0.29) is 11.4 Å². The fourth-order valence-corrected chi connectivity index (χ4v) is 2.54. The first-order valence-corrected chi connectivity index (χ1v) is 9.86. The Morgan fingerprint density at radius 3 is 2.34 bits per heavy atom. The lowest BCUT2D eigenvalue weighted by atomic mass is 10.0. The number of rotatable bonds is 4. The van der Waals surface area contributed by atoms with E-state index in [1.165, 1.54) is 4.90 Å². The number of nitrogens with zero attached hydrogens (tertiary/aromatic N) is 4. The van der Waals surface area contributed by atoms with Crippen LogP contribution in [0.2, 0.25) is 0 Å². The minimum Gasteiger partial charge on any atom is -0.345 e. The second-order valence-electron chi connectivity index (χ2n) is 7.03. The number of amides is 1. The first-order chi connectivity index (χ1) is 13.8. The highest BCUT2D eigenvalue weighted by Crippen LogP contribution is 2.23. The molecule has 0 radical (unpaired) electrons. The van der Waals surface area contributed by atoms with Crippen LogP contribution in [0.15, 0.2) is 48.9 Å². The SMILES string of the molecule is CC.CCC(C)(C)n1cnc2ncccc21.CN(C)C(=O)c1ccccc1C=O. The fraction of sp³-hybridized carbons (Fsp3) is 0.391. The van der Waals surface area contributed by atoms with Gasteiger partial charge in [0, 0.05) is 31.4 Å². The molecule has 6 heteroatoms. The van der Waals surface area contributed by atoms with Gasteiger partial charge in [-0.1, -0.05) is 39.0 Å². The molecule has 0 saturated heterocycles. The minimum atomic E-state index is -0.150. The van der Waals surface area contributed by atoms with Crippen LogP contribution < -0.4 is 0 Å². The summed E-state index contributed by atoms with van der Waals surface area (Å²) in [6.45, 7) is 10.6. The largest absolute Gasteiger partial charge is 0.345 e. The Hall–Kier alpha value is -3.02. The highest BCUT2D eigenvalue weighted by Gasteiger charge is 2.19. The Balaban J connectivity index is 0.000000268. The quantitative estimate of drug-likeness (QED) is 0.594. The maximum atomic E-state index is 11.5. The van der Waals surface area contributed by atoms with Gasteiger partial charge in [0.05, 0.1) is 17.4 Å². The van der Waals surface area contributed by atoms with Gasteiger partial charge in [0.25, 0.3) is 5.91 Å². The molecule has 2 aromatic heterocycles. The van der Waals surface area contributed by atoms with Crippen LogP contribution in [0.3, 0.4) is 0 Å². The minimum absolute atomic E-state index is 0.109. The number of aldehydes is 1. The highest BCUT2D eigenvalue weighted by atomic mass is 16.2. The van der Waals surface area contributed by atoms with E-state index >= 15 is 0 Å². The Morgan fingerprint density at radius 1 is 1.10 bits per heavy atom. The third-order valence-electron chi connectivity index (χ3n) is 4.56. The predicted octanol–water partition coefficient (Wildman–Crippen LogP) is 4.80. The number of hydrogen-bond donors (Lipinski definition) is 0. The Bertz CT molecular complexity index is 929. The Morgan fingerprint density at radius 2 is 1.76 bits per heavy atom. The molecule has 29 heavy (non-hydrogen) atoms. The number of fused-ring (bicyclic) bond motifs is 1. The van der Waals surface area contributed by atoms with E-state index in [9.17, 15) is 9.59 Å². The maximum Gasteiger partial charge on any atom is 0.254 e. The zero-order chi connectivity index (χ0) is 22.0. The smallest absolute Gasteiger partial charge is 0.254 e. The van der Waals surface area contributed by atoms with Gasteiger partial charge in [0.15, 0.2) is 11.9 Å². The molecule has 0 aliphatic rings. The van der Waals surface area contributed by atoms with Crippen molar-refractivity contribution in [3.8, 4) is 0 Å². The van der Waals surface area contributed by atoms with Crippen LogP contribution in [-0.2, 0) is 5.54 Å². The standard InChI is InChI=1S/C11H15N3.C10H11NO2.C2H6/c1-4-11(2,3)14-8-13-10-9(14)6-5-7-12-10;1-11(2)10(13)9-6-4-3-5-8(9)7-12;1-2/h5-8H,4H2,1-3H3;3-7H,1-2H3;1-2H3. The Kier molecular flexibility index (Phi) is 9.19. The van der Waals surface area contributed by atoms with Crippen LogP contribution in [0.25, 0.3) is 11.2 Å². The molecule has 156 valence electrons. The molecule has 0 fully saturated rings. The van der Waals surface area contributed by atoms with E-state index < -0.39 is 0 Å². The molecule has 0 aliphatic carbocycles. The molecule has 3 rings (SSSR count). The second kappa shape index (κ2) is 11.1. The number of carbonyl (C=O) groups excluding carboxylic acids is 2. The summed E-state index contributed by atoms with van der Waals surface area (Å²) < 4.78 is 2.19. The van der Waals surface area contributed by atoms with E-state index in [2.05, 4.69) is 41.4 Å². The first-order valence-electron chi connectivity index (χ1n) is 9.86. The van der Waals surface area contributed by atoms with Gasteiger partial charge < -0.3 is 9.47 Å². The average Bonchev–Trinajstić information content (AvgIpc) is 3.20. The number of aromatic nitrogens is 3. The monoisotopic (exact) mass is 396 g/mol. The van der Waals surface area contributed by atoms with Crippen molar-refractivity contribution in [2.75, 3.05) is 14.1 Å². The zero-order valence-corrected chi connectivity index (χ0v) is 18.5. The number of hydrogen-bond acceptors (Lipinski definition) is 4. The highest BCUT2D eigenvalue weighted by molar-refractivity contribution is 6.01. The fourth-order valence-electron chi connectivity index (χ4n) is 2.54. The summed E-state index contributed by atoms with van der Waals surface area (Å²) in [6, 6.07) is 10.8. The summed E-state index contributed by atoms with van der Waals surface area (Å²) in [4.78, 5) is 32.0. The molecular formula is C23H32N4O2. The summed E-state index contributed by atoms with van der Waals surface area (Å²) in [5.74, 6) is -0.150. The summed E-state index contributed by atoms with van der Waals surface area (Å²) in [7, 11) is 3.31. The molecule has 2 heterocycles. The van der Waals surface area contributed by atoms with Gasteiger partial charge in [-0.25, -0.2) is 9.97 Å². The van der Waals surface area contributed by atoms with Crippen molar-refractivity contribution in [1.29, 1.82) is 0 Å². The van der Waals surface area contributed by atoms with Crippen molar-refractivity contribution in [3.05, 3.63) is 60.0 Å². The van der Waals surface area contributed by atoms with Crippen molar-refractivity contribution in [1.82, 2.24) is 19.4 Å². The normalized spacial score (nSPS) is 10.3. The molecule has 0 bridgehead atoms. The lowest BCUT2D eigenvalue weighted by molar-refractivity contribution is 0.0824. The van der Waals surface area contributed by atoms with Gasteiger partial charge >= 0.3 is 0 Å². The van der Waals surface area contributed by atoms with Crippen LogP contribution in [0.4, 0.5) is 0 Å². The predicted molar refractivity (Wildman–Crippen MR) is 118 cm³/mol. The topological polar surface area (TPSA) is 68.1 Å². The lowest BCUT2D eigenvalue weighted by Gasteiger charge is -2.25. The molecule has 0 N–H and O–H groups in total. The van der Waals surface area contributed by atoms with Gasteiger partial charge in [0.2, 0.25) is 0 Å². The average molecular weight is 397 g/mol. The summed E-state index contributed by atoms with van der Waals surface area (Å²) in [5, 5.41) is 0. The van der Waals surface area contributed by atoms with Crippen molar-refractivity contribution >= 4 is 23.4 Å². The van der Waals surface area contributed by atoms with E-state index in [1.807, 2.05) is 26.2 Å².